The molecule has 0 amide bonds. The van der Waals surface area contributed by atoms with Crippen LogP contribution in [0.1, 0.15) is 0 Å². The van der Waals surface area contributed by atoms with Gasteiger partial charge in [0.25, 0.3) is 0 Å². The summed E-state index contributed by atoms with van der Waals surface area (Å²) in [5, 5.41) is 0. The second-order valence-corrected chi connectivity index (χ2v) is 3.81. The lowest BCUT2D eigenvalue weighted by Crippen LogP contribution is -2.35. The highest BCUT2D eigenvalue weighted by atomic mass is 32.2. The lowest BCUT2D eigenvalue weighted by Gasteiger charge is -2.03. The van der Waals surface area contributed by atoms with Gasteiger partial charge in [0.05, 0.1) is 0 Å². The van der Waals surface area contributed by atoms with Gasteiger partial charge in [0.2, 0.25) is 0 Å². The van der Waals surface area contributed by atoms with Gasteiger partial charge in [-0.25, -0.2) is 0 Å². The summed E-state index contributed by atoms with van der Waals surface area (Å²) in [6.07, 6.45) is 4.23. The summed E-state index contributed by atoms with van der Waals surface area (Å²) in [7, 11) is 0. The molecule has 0 bridgehead atoms. The van der Waals surface area contributed by atoms with E-state index < -0.39 is 0 Å². The second-order valence-electron chi connectivity index (χ2n) is 1.84. The third kappa shape index (κ3) is 8.62. The topological polar surface area (TPSA) is 24.1 Å². The Kier molecular flexibility index (Phi) is 10.2. The number of hydrazine groups is 1. The summed E-state index contributed by atoms with van der Waals surface area (Å²) in [6, 6.07) is 0. The summed E-state index contributed by atoms with van der Waals surface area (Å²) >= 11 is 3.72. The van der Waals surface area contributed by atoms with E-state index in [2.05, 4.69) is 23.4 Å². The monoisotopic (exact) mass is 180 g/mol. The predicted octanol–water partition coefficient (Wildman–Crippen LogP) is 0.807. The molecule has 0 aliphatic carbocycles. The smallest absolute Gasteiger partial charge is 0.0191 e. The average Bonchev–Trinajstić information content (AvgIpc) is 1.97. The molecule has 0 saturated heterocycles. The van der Waals surface area contributed by atoms with Gasteiger partial charge >= 0.3 is 0 Å². The summed E-state index contributed by atoms with van der Waals surface area (Å²) in [6.45, 7) is 2.10. The van der Waals surface area contributed by atoms with Crippen LogP contribution >= 0.6 is 23.5 Å². The molecule has 0 unspecified atom stereocenters. The van der Waals surface area contributed by atoms with Crippen molar-refractivity contribution < 1.29 is 0 Å². The van der Waals surface area contributed by atoms with Gasteiger partial charge in [0.15, 0.2) is 0 Å². The van der Waals surface area contributed by atoms with Gasteiger partial charge in [0, 0.05) is 24.6 Å². The third-order valence-corrected chi connectivity index (χ3v) is 2.21. The van der Waals surface area contributed by atoms with E-state index in [0.717, 1.165) is 13.1 Å². The van der Waals surface area contributed by atoms with Crippen molar-refractivity contribution in [2.75, 3.05) is 37.1 Å². The van der Waals surface area contributed by atoms with Crippen LogP contribution in [-0.2, 0) is 0 Å². The molecule has 0 heterocycles. The highest BCUT2D eigenvalue weighted by Gasteiger charge is 1.83. The van der Waals surface area contributed by atoms with Gasteiger partial charge in [-0.15, -0.1) is 0 Å². The Morgan fingerprint density at radius 2 is 1.30 bits per heavy atom. The molecule has 0 aromatic carbocycles. The van der Waals surface area contributed by atoms with Gasteiger partial charge in [-0.05, 0) is 12.5 Å². The van der Waals surface area contributed by atoms with E-state index in [-0.39, 0.29) is 0 Å². The fourth-order valence-corrected chi connectivity index (χ4v) is 1.10. The summed E-state index contributed by atoms with van der Waals surface area (Å²) in [5.41, 5.74) is 6.27. The molecule has 0 aliphatic rings. The third-order valence-electron chi connectivity index (χ3n) is 0.987. The first-order valence-corrected chi connectivity index (χ1v) is 6.14. The first-order valence-electron chi connectivity index (χ1n) is 3.35. The van der Waals surface area contributed by atoms with E-state index in [1.807, 2.05) is 23.5 Å². The average molecular weight is 180 g/mol. The Balaban J connectivity index is 2.65. The molecule has 4 heteroatoms. The second kappa shape index (κ2) is 9.62. The van der Waals surface area contributed by atoms with Crippen LogP contribution in [0.5, 0.6) is 0 Å². The highest BCUT2D eigenvalue weighted by molar-refractivity contribution is 7.98. The lowest BCUT2D eigenvalue weighted by molar-refractivity contribution is 0.579. The van der Waals surface area contributed by atoms with Gasteiger partial charge in [-0.3, -0.25) is 10.9 Å². The maximum atomic E-state index is 3.14. The number of hydrogen-bond acceptors (Lipinski definition) is 4. The van der Waals surface area contributed by atoms with Crippen molar-refractivity contribution in [3.63, 3.8) is 0 Å². The summed E-state index contributed by atoms with van der Waals surface area (Å²) in [4.78, 5) is 0. The minimum absolute atomic E-state index is 1.05. The molecule has 2 N–H and O–H groups in total. The van der Waals surface area contributed by atoms with Gasteiger partial charge in [-0.2, -0.15) is 23.5 Å². The zero-order chi connectivity index (χ0) is 7.66. The van der Waals surface area contributed by atoms with Crippen LogP contribution < -0.4 is 10.9 Å². The van der Waals surface area contributed by atoms with Crippen LogP contribution in [0.3, 0.4) is 0 Å². The van der Waals surface area contributed by atoms with Gasteiger partial charge in [-0.1, -0.05) is 0 Å². The molecule has 0 atom stereocenters. The molecule has 0 saturated carbocycles. The minimum atomic E-state index is 1.05. The van der Waals surface area contributed by atoms with Crippen molar-refractivity contribution in [2.24, 2.45) is 0 Å². The number of thioether (sulfide) groups is 2. The molecule has 0 spiro atoms. The normalized spacial score (nSPS) is 10.2. The molecule has 0 fully saturated rings. The van der Waals surface area contributed by atoms with Gasteiger partial charge in [0.1, 0.15) is 0 Å². The zero-order valence-electron chi connectivity index (χ0n) is 6.64. The fourth-order valence-electron chi connectivity index (χ4n) is 0.483. The Labute approximate surface area is 71.9 Å². The van der Waals surface area contributed by atoms with Crippen molar-refractivity contribution in [3.05, 3.63) is 0 Å². The first-order chi connectivity index (χ1) is 4.91. The van der Waals surface area contributed by atoms with E-state index in [1.165, 1.54) is 11.5 Å². The molecular formula is C6H16N2S2. The SMILES string of the molecule is CSCCNNCCSC. The Morgan fingerprint density at radius 1 is 0.900 bits per heavy atom. The Hall–Kier alpha value is 0.620. The lowest BCUT2D eigenvalue weighted by atomic mass is 10.7. The molecular weight excluding hydrogens is 164 g/mol. The van der Waals surface area contributed by atoms with E-state index in [1.54, 1.807) is 0 Å². The molecule has 0 aliphatic heterocycles. The van der Waals surface area contributed by atoms with Crippen molar-refractivity contribution in [3.8, 4) is 0 Å². The number of rotatable bonds is 7. The molecule has 0 aromatic heterocycles. The van der Waals surface area contributed by atoms with Crippen LogP contribution in [0.25, 0.3) is 0 Å². The first kappa shape index (κ1) is 10.6. The van der Waals surface area contributed by atoms with Crippen LogP contribution in [0.4, 0.5) is 0 Å². The summed E-state index contributed by atoms with van der Waals surface area (Å²) < 4.78 is 0. The maximum absolute atomic E-state index is 3.14. The number of hydrogen-bond donors (Lipinski definition) is 2. The van der Waals surface area contributed by atoms with E-state index in [0.29, 0.717) is 0 Å². The van der Waals surface area contributed by atoms with E-state index >= 15 is 0 Å². The largest absolute Gasteiger partial charge is 0.257 e. The molecule has 0 radical (unpaired) electrons. The quantitative estimate of drug-likeness (QED) is 0.447. The molecule has 62 valence electrons. The Bertz CT molecular complexity index is 53.7. The fraction of sp³-hybridized carbons (Fsp3) is 1.00. The van der Waals surface area contributed by atoms with Crippen LogP contribution in [0, 0.1) is 0 Å². The van der Waals surface area contributed by atoms with Crippen LogP contribution in [0.15, 0.2) is 0 Å². The summed E-state index contributed by atoms with van der Waals surface area (Å²) in [5.74, 6) is 2.35. The predicted molar refractivity (Wildman–Crippen MR) is 52.8 cm³/mol. The van der Waals surface area contributed by atoms with E-state index in [4.69, 9.17) is 0 Å². The highest BCUT2D eigenvalue weighted by Crippen LogP contribution is 1.87. The van der Waals surface area contributed by atoms with E-state index in [9.17, 15) is 0 Å². The molecule has 10 heavy (non-hydrogen) atoms. The standard InChI is InChI=1S/C6H16N2S2/c1-9-5-3-7-8-4-6-10-2/h7-8H,3-6H2,1-2H3. The maximum Gasteiger partial charge on any atom is 0.0191 e. The van der Waals surface area contributed by atoms with Crippen molar-refractivity contribution in [1.29, 1.82) is 0 Å². The van der Waals surface area contributed by atoms with Crippen molar-refractivity contribution in [2.45, 2.75) is 0 Å². The van der Waals surface area contributed by atoms with Crippen molar-refractivity contribution >= 4 is 23.5 Å². The minimum Gasteiger partial charge on any atom is -0.257 e. The van der Waals surface area contributed by atoms with Crippen molar-refractivity contribution in [1.82, 2.24) is 10.9 Å². The Morgan fingerprint density at radius 3 is 1.60 bits per heavy atom. The zero-order valence-corrected chi connectivity index (χ0v) is 8.28. The van der Waals surface area contributed by atoms with Crippen LogP contribution in [0.2, 0.25) is 0 Å². The molecule has 0 rings (SSSR count). The van der Waals surface area contributed by atoms with Gasteiger partial charge < -0.3 is 0 Å². The molecule has 0 aromatic rings. The molecule has 2 nitrogen and oxygen atoms in total. The van der Waals surface area contributed by atoms with Crippen LogP contribution in [-0.4, -0.2) is 37.1 Å². The number of nitrogens with one attached hydrogen (secondary N) is 2.